The van der Waals surface area contributed by atoms with Gasteiger partial charge < -0.3 is 5.11 Å². The standard InChI is InChI=1S/C14H21NO2/c1-10-5-6-12(9-11(10)2)7-8-13(14(16)17)15(3)4/h5-6,9,13H,7-8H2,1-4H3,(H,16,17). The molecule has 0 radical (unpaired) electrons. The lowest BCUT2D eigenvalue weighted by Gasteiger charge is -2.19. The van der Waals surface area contributed by atoms with Gasteiger partial charge in [-0.3, -0.25) is 9.69 Å². The largest absolute Gasteiger partial charge is 0.480 e. The molecule has 1 N–H and O–H groups in total. The lowest BCUT2D eigenvalue weighted by atomic mass is 10.0. The summed E-state index contributed by atoms with van der Waals surface area (Å²) in [5, 5.41) is 9.08. The zero-order chi connectivity index (χ0) is 13.0. The van der Waals surface area contributed by atoms with Crippen LogP contribution in [0.25, 0.3) is 0 Å². The van der Waals surface area contributed by atoms with Crippen LogP contribution in [0.2, 0.25) is 0 Å². The third-order valence-corrected chi connectivity index (χ3v) is 3.19. The van der Waals surface area contributed by atoms with E-state index in [2.05, 4.69) is 32.0 Å². The van der Waals surface area contributed by atoms with Crippen LogP contribution >= 0.6 is 0 Å². The van der Waals surface area contributed by atoms with Gasteiger partial charge in [-0.1, -0.05) is 18.2 Å². The Morgan fingerprint density at radius 2 is 1.94 bits per heavy atom. The first-order chi connectivity index (χ1) is 7.91. The van der Waals surface area contributed by atoms with Crippen molar-refractivity contribution in [2.45, 2.75) is 32.7 Å². The fraction of sp³-hybridized carbons (Fsp3) is 0.500. The van der Waals surface area contributed by atoms with Crippen LogP contribution in [0.4, 0.5) is 0 Å². The van der Waals surface area contributed by atoms with Crippen LogP contribution in [0, 0.1) is 13.8 Å². The molecule has 0 amide bonds. The first-order valence-electron chi connectivity index (χ1n) is 5.87. The smallest absolute Gasteiger partial charge is 0.320 e. The predicted octanol–water partition coefficient (Wildman–Crippen LogP) is 2.25. The van der Waals surface area contributed by atoms with Crippen LogP contribution in [0.3, 0.4) is 0 Å². The molecule has 94 valence electrons. The van der Waals surface area contributed by atoms with E-state index in [1.165, 1.54) is 16.7 Å². The molecule has 0 aromatic heterocycles. The lowest BCUT2D eigenvalue weighted by molar-refractivity contribution is -0.142. The number of hydrogen-bond donors (Lipinski definition) is 1. The van der Waals surface area contributed by atoms with Crippen molar-refractivity contribution in [2.75, 3.05) is 14.1 Å². The topological polar surface area (TPSA) is 40.5 Å². The Morgan fingerprint density at radius 1 is 1.29 bits per heavy atom. The Kier molecular flexibility index (Phi) is 4.70. The summed E-state index contributed by atoms with van der Waals surface area (Å²) < 4.78 is 0. The van der Waals surface area contributed by atoms with Gasteiger partial charge in [0.25, 0.3) is 0 Å². The molecule has 0 saturated carbocycles. The number of aliphatic carboxylic acids is 1. The second-order valence-electron chi connectivity index (χ2n) is 4.77. The van der Waals surface area contributed by atoms with E-state index in [9.17, 15) is 4.79 Å². The summed E-state index contributed by atoms with van der Waals surface area (Å²) in [4.78, 5) is 12.8. The van der Waals surface area contributed by atoms with Crippen LogP contribution in [0.5, 0.6) is 0 Å². The Labute approximate surface area is 103 Å². The molecule has 0 spiro atoms. The van der Waals surface area contributed by atoms with E-state index in [-0.39, 0.29) is 0 Å². The van der Waals surface area contributed by atoms with Crippen molar-refractivity contribution in [3.8, 4) is 0 Å². The number of benzene rings is 1. The van der Waals surface area contributed by atoms with E-state index in [0.717, 1.165) is 6.42 Å². The highest BCUT2D eigenvalue weighted by Gasteiger charge is 2.19. The third-order valence-electron chi connectivity index (χ3n) is 3.19. The van der Waals surface area contributed by atoms with Crippen molar-refractivity contribution in [3.05, 3.63) is 34.9 Å². The van der Waals surface area contributed by atoms with Crippen LogP contribution in [-0.4, -0.2) is 36.1 Å². The summed E-state index contributed by atoms with van der Waals surface area (Å²) in [6.45, 7) is 4.17. The number of likely N-dealkylation sites (N-methyl/N-ethyl adjacent to an activating group) is 1. The molecule has 0 heterocycles. The maximum Gasteiger partial charge on any atom is 0.320 e. The van der Waals surface area contributed by atoms with E-state index >= 15 is 0 Å². The van der Waals surface area contributed by atoms with Gasteiger partial charge in [-0.15, -0.1) is 0 Å². The number of aryl methyl sites for hydroxylation is 3. The van der Waals surface area contributed by atoms with Gasteiger partial charge in [0.2, 0.25) is 0 Å². The molecule has 17 heavy (non-hydrogen) atoms. The number of carboxylic acids is 1. The third kappa shape index (κ3) is 3.86. The molecule has 0 aliphatic carbocycles. The summed E-state index contributed by atoms with van der Waals surface area (Å²) in [6.07, 6.45) is 1.45. The highest BCUT2D eigenvalue weighted by Crippen LogP contribution is 2.13. The lowest BCUT2D eigenvalue weighted by Crippen LogP contribution is -2.35. The highest BCUT2D eigenvalue weighted by atomic mass is 16.4. The zero-order valence-electron chi connectivity index (χ0n) is 11.0. The normalized spacial score (nSPS) is 12.8. The molecule has 0 saturated heterocycles. The van der Waals surface area contributed by atoms with Gasteiger partial charge in [-0.2, -0.15) is 0 Å². The minimum atomic E-state index is -0.751. The maximum absolute atomic E-state index is 11.0. The van der Waals surface area contributed by atoms with Crippen molar-refractivity contribution < 1.29 is 9.90 Å². The molecule has 1 aromatic carbocycles. The highest BCUT2D eigenvalue weighted by molar-refractivity contribution is 5.73. The predicted molar refractivity (Wildman–Crippen MR) is 69.3 cm³/mol. The van der Waals surface area contributed by atoms with E-state index in [1.54, 1.807) is 19.0 Å². The van der Waals surface area contributed by atoms with Gasteiger partial charge in [-0.25, -0.2) is 0 Å². The van der Waals surface area contributed by atoms with E-state index in [0.29, 0.717) is 6.42 Å². The van der Waals surface area contributed by atoms with Crippen LogP contribution < -0.4 is 0 Å². The van der Waals surface area contributed by atoms with E-state index in [1.807, 2.05) is 0 Å². The van der Waals surface area contributed by atoms with Gasteiger partial charge in [-0.05, 0) is 57.5 Å². The molecule has 1 unspecified atom stereocenters. The molecule has 0 fully saturated rings. The molecule has 1 rings (SSSR count). The van der Waals surface area contributed by atoms with Crippen molar-refractivity contribution in [1.82, 2.24) is 4.90 Å². The Bertz CT molecular complexity index is 399. The SMILES string of the molecule is Cc1ccc(CCC(C(=O)O)N(C)C)cc1C. The minimum Gasteiger partial charge on any atom is -0.480 e. The number of nitrogens with zero attached hydrogens (tertiary/aromatic N) is 1. The minimum absolute atomic E-state index is 0.406. The Morgan fingerprint density at radius 3 is 2.41 bits per heavy atom. The molecule has 1 atom stereocenters. The van der Waals surface area contributed by atoms with E-state index < -0.39 is 12.0 Å². The molecule has 0 aliphatic heterocycles. The molecule has 3 heteroatoms. The van der Waals surface area contributed by atoms with Gasteiger partial charge in [0.05, 0.1) is 0 Å². The molecule has 1 aromatic rings. The number of rotatable bonds is 5. The number of hydrogen-bond acceptors (Lipinski definition) is 2. The van der Waals surface area contributed by atoms with Crippen molar-refractivity contribution in [1.29, 1.82) is 0 Å². The number of carboxylic acid groups (broad SMARTS) is 1. The van der Waals surface area contributed by atoms with Crippen molar-refractivity contribution in [3.63, 3.8) is 0 Å². The summed E-state index contributed by atoms with van der Waals surface area (Å²) >= 11 is 0. The first-order valence-corrected chi connectivity index (χ1v) is 5.87. The summed E-state index contributed by atoms with van der Waals surface area (Å²) in [7, 11) is 3.61. The molecule has 0 bridgehead atoms. The fourth-order valence-electron chi connectivity index (χ4n) is 1.86. The summed E-state index contributed by atoms with van der Waals surface area (Å²) in [5.74, 6) is -0.751. The average Bonchev–Trinajstić information content (AvgIpc) is 2.22. The monoisotopic (exact) mass is 235 g/mol. The molecule has 0 aliphatic rings. The molecular weight excluding hydrogens is 214 g/mol. The van der Waals surface area contributed by atoms with Crippen LogP contribution in [0.1, 0.15) is 23.1 Å². The average molecular weight is 235 g/mol. The summed E-state index contributed by atoms with van der Waals surface area (Å²) in [5.41, 5.74) is 3.75. The van der Waals surface area contributed by atoms with Crippen LogP contribution in [0.15, 0.2) is 18.2 Å². The van der Waals surface area contributed by atoms with Gasteiger partial charge in [0.15, 0.2) is 0 Å². The van der Waals surface area contributed by atoms with Crippen LogP contribution in [-0.2, 0) is 11.2 Å². The second-order valence-corrected chi connectivity index (χ2v) is 4.77. The molecular formula is C14H21NO2. The van der Waals surface area contributed by atoms with Crippen molar-refractivity contribution in [2.24, 2.45) is 0 Å². The van der Waals surface area contributed by atoms with Gasteiger partial charge in [0, 0.05) is 0 Å². The Hall–Kier alpha value is -1.35. The zero-order valence-corrected chi connectivity index (χ0v) is 11.0. The summed E-state index contributed by atoms with van der Waals surface area (Å²) in [6, 6.07) is 5.91. The van der Waals surface area contributed by atoms with E-state index in [4.69, 9.17) is 5.11 Å². The first kappa shape index (κ1) is 13.7. The number of carbonyl (C=O) groups is 1. The molecule has 3 nitrogen and oxygen atoms in total. The van der Waals surface area contributed by atoms with Gasteiger partial charge >= 0.3 is 5.97 Å². The second kappa shape index (κ2) is 5.82. The van der Waals surface area contributed by atoms with Crippen molar-refractivity contribution >= 4 is 5.97 Å². The maximum atomic E-state index is 11.0. The Balaban J connectivity index is 2.65. The van der Waals surface area contributed by atoms with Gasteiger partial charge in [0.1, 0.15) is 6.04 Å². The fourth-order valence-corrected chi connectivity index (χ4v) is 1.86. The quantitative estimate of drug-likeness (QED) is 0.851.